The van der Waals surface area contributed by atoms with Crippen molar-refractivity contribution in [3.63, 3.8) is 0 Å². The molecule has 0 aromatic heterocycles. The molecule has 9 heavy (non-hydrogen) atoms. The molecule has 1 saturated heterocycles. The SMILES string of the molecule is CC(C)[C@@H]1O[C@@H]1C(=O)O. The van der Waals surface area contributed by atoms with Crippen LogP contribution in [0.5, 0.6) is 0 Å². The molecule has 3 heteroatoms. The van der Waals surface area contributed by atoms with Crippen LogP contribution in [-0.4, -0.2) is 23.3 Å². The van der Waals surface area contributed by atoms with Crippen LogP contribution in [0.1, 0.15) is 13.8 Å². The first kappa shape index (κ1) is 6.55. The molecular weight excluding hydrogens is 120 g/mol. The molecule has 1 aliphatic heterocycles. The summed E-state index contributed by atoms with van der Waals surface area (Å²) in [6, 6.07) is 0. The van der Waals surface area contributed by atoms with Crippen molar-refractivity contribution in [1.29, 1.82) is 0 Å². The van der Waals surface area contributed by atoms with E-state index in [0.717, 1.165) is 0 Å². The molecule has 2 atom stereocenters. The standard InChI is InChI=1S/C6H10O3/c1-3(2)4-5(9-4)6(7)8/h3-5H,1-2H3,(H,7,8)/t4-,5-/m0/s1. The van der Waals surface area contributed by atoms with Crippen LogP contribution in [0.15, 0.2) is 0 Å². The number of ether oxygens (including phenoxy) is 1. The second kappa shape index (κ2) is 1.99. The fraction of sp³-hybridized carbons (Fsp3) is 0.833. The Morgan fingerprint density at radius 1 is 1.67 bits per heavy atom. The number of carboxylic acid groups (broad SMARTS) is 1. The molecule has 0 aliphatic carbocycles. The van der Waals surface area contributed by atoms with Crippen LogP contribution in [0.2, 0.25) is 0 Å². The molecule has 1 rings (SSSR count). The summed E-state index contributed by atoms with van der Waals surface area (Å²) in [5, 5.41) is 8.35. The molecule has 0 spiro atoms. The normalized spacial score (nSPS) is 32.8. The van der Waals surface area contributed by atoms with Crippen LogP contribution in [-0.2, 0) is 9.53 Å². The van der Waals surface area contributed by atoms with E-state index in [2.05, 4.69) is 0 Å². The lowest BCUT2D eigenvalue weighted by molar-refractivity contribution is -0.138. The highest BCUT2D eigenvalue weighted by Crippen LogP contribution is 2.28. The molecule has 0 radical (unpaired) electrons. The first-order valence-electron chi connectivity index (χ1n) is 3.01. The number of hydrogen-bond donors (Lipinski definition) is 1. The summed E-state index contributed by atoms with van der Waals surface area (Å²) >= 11 is 0. The monoisotopic (exact) mass is 130 g/mol. The van der Waals surface area contributed by atoms with Gasteiger partial charge in [0, 0.05) is 0 Å². The second-order valence-corrected chi connectivity index (χ2v) is 2.60. The van der Waals surface area contributed by atoms with Crippen molar-refractivity contribution in [3.8, 4) is 0 Å². The highest BCUT2D eigenvalue weighted by Gasteiger charge is 2.46. The third-order valence-corrected chi connectivity index (χ3v) is 1.43. The average molecular weight is 130 g/mol. The van der Waals surface area contributed by atoms with E-state index in [4.69, 9.17) is 9.84 Å². The molecule has 1 N–H and O–H groups in total. The quantitative estimate of drug-likeness (QED) is 0.553. The minimum atomic E-state index is -0.839. The lowest BCUT2D eigenvalue weighted by atomic mass is 10.1. The van der Waals surface area contributed by atoms with Crippen LogP contribution in [0.4, 0.5) is 0 Å². The van der Waals surface area contributed by atoms with Crippen molar-refractivity contribution in [2.75, 3.05) is 0 Å². The van der Waals surface area contributed by atoms with E-state index in [1.165, 1.54) is 0 Å². The van der Waals surface area contributed by atoms with Crippen LogP contribution in [0.3, 0.4) is 0 Å². The predicted octanol–water partition coefficient (Wildman–Crippen LogP) is 0.494. The summed E-state index contributed by atoms with van der Waals surface area (Å²) < 4.78 is 4.84. The number of aliphatic carboxylic acids is 1. The molecule has 1 fully saturated rings. The molecule has 1 heterocycles. The zero-order valence-electron chi connectivity index (χ0n) is 5.50. The van der Waals surface area contributed by atoms with Gasteiger partial charge in [-0.25, -0.2) is 4.79 Å². The van der Waals surface area contributed by atoms with Crippen molar-refractivity contribution in [2.24, 2.45) is 5.92 Å². The maximum atomic E-state index is 10.2. The van der Waals surface area contributed by atoms with E-state index in [1.807, 2.05) is 13.8 Å². The number of carboxylic acids is 1. The average Bonchev–Trinajstić information content (AvgIpc) is 2.39. The van der Waals surface area contributed by atoms with Gasteiger partial charge in [0.2, 0.25) is 0 Å². The van der Waals surface area contributed by atoms with Crippen molar-refractivity contribution >= 4 is 5.97 Å². The molecule has 0 aromatic carbocycles. The van der Waals surface area contributed by atoms with Crippen LogP contribution >= 0.6 is 0 Å². The lowest BCUT2D eigenvalue weighted by Gasteiger charge is -1.93. The summed E-state index contributed by atoms with van der Waals surface area (Å²) in [5.41, 5.74) is 0. The topological polar surface area (TPSA) is 49.8 Å². The molecule has 0 bridgehead atoms. The van der Waals surface area contributed by atoms with Crippen molar-refractivity contribution in [2.45, 2.75) is 26.1 Å². The first-order valence-corrected chi connectivity index (χ1v) is 3.01. The van der Waals surface area contributed by atoms with Crippen LogP contribution in [0, 0.1) is 5.92 Å². The fourth-order valence-electron chi connectivity index (χ4n) is 0.829. The minimum absolute atomic E-state index is 0.0394. The number of hydrogen-bond acceptors (Lipinski definition) is 2. The molecule has 0 saturated carbocycles. The van der Waals surface area contributed by atoms with E-state index in [9.17, 15) is 4.79 Å². The van der Waals surface area contributed by atoms with Gasteiger partial charge in [-0.1, -0.05) is 13.8 Å². The lowest BCUT2D eigenvalue weighted by Crippen LogP contribution is -2.11. The Morgan fingerprint density at radius 3 is 2.33 bits per heavy atom. The van der Waals surface area contributed by atoms with Crippen molar-refractivity contribution < 1.29 is 14.6 Å². The van der Waals surface area contributed by atoms with Crippen LogP contribution in [0.25, 0.3) is 0 Å². The summed E-state index contributed by atoms with van der Waals surface area (Å²) in [6.45, 7) is 3.90. The smallest absolute Gasteiger partial charge is 0.335 e. The maximum Gasteiger partial charge on any atom is 0.335 e. The molecule has 0 unspecified atom stereocenters. The summed E-state index contributed by atoms with van der Waals surface area (Å²) in [4.78, 5) is 10.2. The largest absolute Gasteiger partial charge is 0.479 e. The fourth-order valence-corrected chi connectivity index (χ4v) is 0.829. The van der Waals surface area contributed by atoms with E-state index in [0.29, 0.717) is 5.92 Å². The molecule has 0 aromatic rings. The first-order chi connectivity index (χ1) is 4.13. The predicted molar refractivity (Wildman–Crippen MR) is 31.1 cm³/mol. The van der Waals surface area contributed by atoms with Gasteiger partial charge in [0.15, 0.2) is 6.10 Å². The van der Waals surface area contributed by atoms with Gasteiger partial charge in [0.25, 0.3) is 0 Å². The second-order valence-electron chi connectivity index (χ2n) is 2.60. The molecular formula is C6H10O3. The Kier molecular flexibility index (Phi) is 1.45. The maximum absolute atomic E-state index is 10.2. The van der Waals surface area contributed by atoms with Gasteiger partial charge in [-0.3, -0.25) is 0 Å². The van der Waals surface area contributed by atoms with Gasteiger partial charge in [0.05, 0.1) is 6.10 Å². The summed E-state index contributed by atoms with van der Waals surface area (Å²) in [6.07, 6.45) is -0.563. The summed E-state index contributed by atoms with van der Waals surface area (Å²) in [7, 11) is 0. The van der Waals surface area contributed by atoms with E-state index in [-0.39, 0.29) is 6.10 Å². The zero-order chi connectivity index (χ0) is 7.02. The number of carbonyl (C=O) groups is 1. The van der Waals surface area contributed by atoms with E-state index < -0.39 is 12.1 Å². The minimum Gasteiger partial charge on any atom is -0.479 e. The van der Waals surface area contributed by atoms with E-state index >= 15 is 0 Å². The number of rotatable bonds is 2. The zero-order valence-corrected chi connectivity index (χ0v) is 5.50. The van der Waals surface area contributed by atoms with Gasteiger partial charge < -0.3 is 9.84 Å². The molecule has 0 amide bonds. The van der Waals surface area contributed by atoms with Crippen LogP contribution < -0.4 is 0 Å². The Balaban J connectivity index is 2.33. The third-order valence-electron chi connectivity index (χ3n) is 1.43. The highest BCUT2D eigenvalue weighted by atomic mass is 16.6. The van der Waals surface area contributed by atoms with Gasteiger partial charge in [-0.2, -0.15) is 0 Å². The van der Waals surface area contributed by atoms with Gasteiger partial charge in [-0.15, -0.1) is 0 Å². The molecule has 3 nitrogen and oxygen atoms in total. The highest BCUT2D eigenvalue weighted by molar-refractivity contribution is 5.75. The van der Waals surface area contributed by atoms with Crippen molar-refractivity contribution in [3.05, 3.63) is 0 Å². The van der Waals surface area contributed by atoms with Gasteiger partial charge in [-0.05, 0) is 5.92 Å². The van der Waals surface area contributed by atoms with Gasteiger partial charge in [0.1, 0.15) is 0 Å². The Hall–Kier alpha value is -0.570. The van der Waals surface area contributed by atoms with E-state index in [1.54, 1.807) is 0 Å². The third kappa shape index (κ3) is 1.21. The Bertz CT molecular complexity index is 130. The Labute approximate surface area is 53.6 Å². The summed E-state index contributed by atoms with van der Waals surface area (Å²) in [5.74, 6) is -0.514. The molecule has 52 valence electrons. The van der Waals surface area contributed by atoms with Crippen molar-refractivity contribution in [1.82, 2.24) is 0 Å². The Morgan fingerprint density at radius 2 is 2.22 bits per heavy atom. The van der Waals surface area contributed by atoms with Gasteiger partial charge >= 0.3 is 5.97 Å². The number of epoxide rings is 1. The molecule has 1 aliphatic rings.